The highest BCUT2D eigenvalue weighted by molar-refractivity contribution is 8.13. The van der Waals surface area contributed by atoms with Gasteiger partial charge in [-0.25, -0.2) is 13.2 Å². The monoisotopic (exact) mass is 334 g/mol. The van der Waals surface area contributed by atoms with Crippen LogP contribution in [0.15, 0.2) is 23.1 Å². The van der Waals surface area contributed by atoms with E-state index in [1.807, 2.05) is 13.8 Å². The largest absolute Gasteiger partial charge is 0.462 e. The van der Waals surface area contributed by atoms with Crippen molar-refractivity contribution in [1.29, 1.82) is 0 Å². The maximum Gasteiger partial charge on any atom is 0.338 e. The number of carbonyl (C=O) groups is 1. The van der Waals surface area contributed by atoms with Crippen LogP contribution in [0.1, 0.15) is 36.2 Å². The van der Waals surface area contributed by atoms with E-state index < -0.39 is 20.6 Å². The molecule has 0 heterocycles. The standard InChI is InChI=1S/C14H19ClO5S/c1-10-5-6-11(9-12(10)21(15,17)18)13(16)20-8-7-14(2,3)19-4/h5-6,9H,7-8H2,1-4H3. The number of hydrogen-bond acceptors (Lipinski definition) is 5. The van der Waals surface area contributed by atoms with Gasteiger partial charge in [-0.1, -0.05) is 6.07 Å². The Morgan fingerprint density at radius 1 is 1.33 bits per heavy atom. The average Bonchev–Trinajstić information content (AvgIpc) is 2.37. The van der Waals surface area contributed by atoms with Crippen molar-refractivity contribution in [3.05, 3.63) is 29.3 Å². The van der Waals surface area contributed by atoms with E-state index in [0.717, 1.165) is 0 Å². The van der Waals surface area contributed by atoms with Crippen LogP contribution in [-0.4, -0.2) is 33.7 Å². The molecule has 7 heteroatoms. The molecule has 0 aliphatic heterocycles. The van der Waals surface area contributed by atoms with Crippen LogP contribution in [0.25, 0.3) is 0 Å². The highest BCUT2D eigenvalue weighted by atomic mass is 35.7. The van der Waals surface area contributed by atoms with Gasteiger partial charge < -0.3 is 9.47 Å². The van der Waals surface area contributed by atoms with Crippen molar-refractivity contribution >= 4 is 25.7 Å². The number of hydrogen-bond donors (Lipinski definition) is 0. The summed E-state index contributed by atoms with van der Waals surface area (Å²) in [6.07, 6.45) is 0.530. The van der Waals surface area contributed by atoms with E-state index in [4.69, 9.17) is 20.2 Å². The Kier molecular flexibility index (Phi) is 5.78. The zero-order chi connectivity index (χ0) is 16.3. The lowest BCUT2D eigenvalue weighted by Gasteiger charge is -2.22. The third-order valence-electron chi connectivity index (χ3n) is 3.18. The van der Waals surface area contributed by atoms with Crippen LogP contribution in [0, 0.1) is 6.92 Å². The zero-order valence-electron chi connectivity index (χ0n) is 12.5. The van der Waals surface area contributed by atoms with Crippen LogP contribution in [0.4, 0.5) is 0 Å². The summed E-state index contributed by atoms with van der Waals surface area (Å²) in [6.45, 7) is 5.54. The predicted molar refractivity (Wildman–Crippen MR) is 80.2 cm³/mol. The first-order valence-electron chi connectivity index (χ1n) is 6.34. The van der Waals surface area contributed by atoms with Crippen LogP contribution in [0.5, 0.6) is 0 Å². The second-order valence-corrected chi connectivity index (χ2v) is 7.80. The molecule has 5 nitrogen and oxygen atoms in total. The van der Waals surface area contributed by atoms with Gasteiger partial charge in [-0.3, -0.25) is 0 Å². The van der Waals surface area contributed by atoms with Gasteiger partial charge in [0.1, 0.15) is 0 Å². The first-order valence-corrected chi connectivity index (χ1v) is 8.65. The summed E-state index contributed by atoms with van der Waals surface area (Å²) in [6, 6.07) is 4.25. The molecule has 0 aliphatic rings. The van der Waals surface area contributed by atoms with Crippen molar-refractivity contribution in [2.45, 2.75) is 37.7 Å². The zero-order valence-corrected chi connectivity index (χ0v) is 14.0. The highest BCUT2D eigenvalue weighted by Gasteiger charge is 2.19. The number of methoxy groups -OCH3 is 1. The minimum absolute atomic E-state index is 0.0872. The van der Waals surface area contributed by atoms with E-state index in [1.165, 1.54) is 18.2 Å². The summed E-state index contributed by atoms with van der Waals surface area (Å²) < 4.78 is 33.2. The first kappa shape index (κ1) is 17.9. The molecule has 0 radical (unpaired) electrons. The molecule has 0 saturated carbocycles. The minimum Gasteiger partial charge on any atom is -0.462 e. The van der Waals surface area contributed by atoms with Gasteiger partial charge >= 0.3 is 5.97 Å². The Morgan fingerprint density at radius 3 is 2.48 bits per heavy atom. The molecule has 0 bridgehead atoms. The van der Waals surface area contributed by atoms with Crippen molar-refractivity contribution < 1.29 is 22.7 Å². The molecule has 1 aromatic rings. The molecule has 0 atom stereocenters. The molecule has 1 aromatic carbocycles. The van der Waals surface area contributed by atoms with Gasteiger partial charge in [-0.05, 0) is 38.5 Å². The third-order valence-corrected chi connectivity index (χ3v) is 4.64. The van der Waals surface area contributed by atoms with Gasteiger partial charge in [0.2, 0.25) is 0 Å². The lowest BCUT2D eigenvalue weighted by atomic mass is 10.1. The molecule has 0 aliphatic carbocycles. The fourth-order valence-corrected chi connectivity index (χ4v) is 2.78. The van der Waals surface area contributed by atoms with E-state index >= 15 is 0 Å². The van der Waals surface area contributed by atoms with Gasteiger partial charge in [0.25, 0.3) is 9.05 Å². The fourth-order valence-electron chi connectivity index (χ4n) is 1.56. The Bertz CT molecular complexity index is 622. The number of benzene rings is 1. The molecule has 0 unspecified atom stereocenters. The Morgan fingerprint density at radius 2 is 1.95 bits per heavy atom. The summed E-state index contributed by atoms with van der Waals surface area (Å²) in [5.74, 6) is -0.594. The van der Waals surface area contributed by atoms with Crippen molar-refractivity contribution in [1.82, 2.24) is 0 Å². The lowest BCUT2D eigenvalue weighted by Crippen LogP contribution is -2.25. The summed E-state index contributed by atoms with van der Waals surface area (Å²) in [5, 5.41) is 0. The Balaban J connectivity index is 2.81. The Hall–Kier alpha value is -1.11. The molecule has 0 spiro atoms. The SMILES string of the molecule is COC(C)(C)CCOC(=O)c1ccc(C)c(S(=O)(=O)Cl)c1. The smallest absolute Gasteiger partial charge is 0.338 e. The number of rotatable bonds is 6. The first-order chi connectivity index (χ1) is 9.57. The number of esters is 1. The summed E-state index contributed by atoms with van der Waals surface area (Å²) >= 11 is 0. The predicted octanol–water partition coefficient (Wildman–Crippen LogP) is 2.89. The molecule has 0 aromatic heterocycles. The third kappa shape index (κ3) is 5.30. The average molecular weight is 335 g/mol. The van der Waals surface area contributed by atoms with Crippen LogP contribution < -0.4 is 0 Å². The van der Waals surface area contributed by atoms with E-state index in [9.17, 15) is 13.2 Å². The number of halogens is 1. The van der Waals surface area contributed by atoms with Crippen molar-refractivity contribution in [3.63, 3.8) is 0 Å². The van der Waals surface area contributed by atoms with E-state index in [1.54, 1.807) is 14.0 Å². The van der Waals surface area contributed by atoms with Gasteiger partial charge in [0, 0.05) is 24.2 Å². The van der Waals surface area contributed by atoms with Crippen molar-refractivity contribution in [2.24, 2.45) is 0 Å². The normalized spacial score (nSPS) is 12.2. The van der Waals surface area contributed by atoms with Gasteiger partial charge in [0.05, 0.1) is 22.7 Å². The van der Waals surface area contributed by atoms with E-state index in [-0.39, 0.29) is 17.1 Å². The Labute approximate surface area is 129 Å². The number of carbonyl (C=O) groups excluding carboxylic acids is 1. The summed E-state index contributed by atoms with van der Waals surface area (Å²) in [7, 11) is 3.02. The molecular formula is C14H19ClO5S. The van der Waals surface area contributed by atoms with Gasteiger partial charge in [-0.15, -0.1) is 0 Å². The maximum atomic E-state index is 11.9. The van der Waals surface area contributed by atoms with Crippen molar-refractivity contribution in [2.75, 3.05) is 13.7 Å². The maximum absolute atomic E-state index is 11.9. The van der Waals surface area contributed by atoms with Crippen LogP contribution in [0.2, 0.25) is 0 Å². The molecule has 0 amide bonds. The quantitative estimate of drug-likeness (QED) is 0.591. The molecule has 21 heavy (non-hydrogen) atoms. The summed E-state index contributed by atoms with van der Waals surface area (Å²) in [5.41, 5.74) is 0.232. The van der Waals surface area contributed by atoms with Gasteiger partial charge in [0.15, 0.2) is 0 Å². The van der Waals surface area contributed by atoms with E-state index in [0.29, 0.717) is 12.0 Å². The molecule has 118 valence electrons. The van der Waals surface area contributed by atoms with E-state index in [2.05, 4.69) is 0 Å². The molecule has 0 saturated heterocycles. The second kappa shape index (κ2) is 6.77. The van der Waals surface area contributed by atoms with Gasteiger partial charge in [-0.2, -0.15) is 0 Å². The number of aryl methyl sites for hydroxylation is 1. The molecule has 1 rings (SSSR count). The van der Waals surface area contributed by atoms with Crippen molar-refractivity contribution in [3.8, 4) is 0 Å². The lowest BCUT2D eigenvalue weighted by molar-refractivity contribution is -0.00564. The van der Waals surface area contributed by atoms with Crippen LogP contribution >= 0.6 is 10.7 Å². The molecular weight excluding hydrogens is 316 g/mol. The van der Waals surface area contributed by atoms with Crippen LogP contribution in [-0.2, 0) is 18.5 Å². The topological polar surface area (TPSA) is 69.7 Å². The number of ether oxygens (including phenoxy) is 2. The summed E-state index contributed by atoms with van der Waals surface area (Å²) in [4.78, 5) is 11.8. The minimum atomic E-state index is -3.89. The molecule has 0 N–H and O–H groups in total. The fraction of sp³-hybridized carbons (Fsp3) is 0.500. The van der Waals surface area contributed by atoms with Crippen LogP contribution in [0.3, 0.4) is 0 Å². The molecule has 0 fully saturated rings. The second-order valence-electron chi connectivity index (χ2n) is 5.27. The highest BCUT2D eigenvalue weighted by Crippen LogP contribution is 2.21.